The molecule has 0 radical (unpaired) electrons. The van der Waals surface area contributed by atoms with Crippen LogP contribution in [-0.4, -0.2) is 18.4 Å². The number of carbonyl (C=O) groups excluding carboxylic acids is 2. The fourth-order valence-electron chi connectivity index (χ4n) is 1.24. The van der Waals surface area contributed by atoms with Crippen LogP contribution in [0.2, 0.25) is 0 Å². The van der Waals surface area contributed by atoms with Crippen molar-refractivity contribution in [3.05, 3.63) is 35.4 Å². The Labute approximate surface area is 93.5 Å². The van der Waals surface area contributed by atoms with Crippen molar-refractivity contribution in [1.82, 2.24) is 0 Å². The maximum Gasteiger partial charge on any atom is 0.374 e. The summed E-state index contributed by atoms with van der Waals surface area (Å²) in [5.74, 6) is -1.49. The summed E-state index contributed by atoms with van der Waals surface area (Å²) in [6.07, 6.45) is -0.0947. The lowest BCUT2D eigenvalue weighted by atomic mass is 10.0. The predicted octanol–water partition coefficient (Wildman–Crippen LogP) is 1.23. The summed E-state index contributed by atoms with van der Waals surface area (Å²) in [5, 5.41) is 8.80. The quantitative estimate of drug-likeness (QED) is 0.562. The van der Waals surface area contributed by atoms with Gasteiger partial charge in [0, 0.05) is 6.42 Å². The normalized spacial score (nSPS) is 9.25. The van der Waals surface area contributed by atoms with Gasteiger partial charge in [0.1, 0.15) is 0 Å². The SMILES string of the molecule is CCOC(=O)C(=O)Cc1ccccc1C#N. The molecule has 0 saturated carbocycles. The average Bonchev–Trinajstić information content (AvgIpc) is 2.30. The topological polar surface area (TPSA) is 67.2 Å². The Kier molecular flexibility index (Phi) is 4.22. The lowest BCUT2D eigenvalue weighted by molar-refractivity contribution is -0.153. The smallest absolute Gasteiger partial charge is 0.374 e. The number of rotatable bonds is 4. The number of benzene rings is 1. The number of ether oxygens (including phenoxy) is 1. The van der Waals surface area contributed by atoms with Crippen molar-refractivity contribution < 1.29 is 14.3 Å². The summed E-state index contributed by atoms with van der Waals surface area (Å²) in [7, 11) is 0. The Morgan fingerprint density at radius 1 is 1.38 bits per heavy atom. The molecular weight excluding hydrogens is 206 g/mol. The van der Waals surface area contributed by atoms with E-state index in [1.54, 1.807) is 31.2 Å². The molecular formula is C12H11NO3. The van der Waals surface area contributed by atoms with Gasteiger partial charge in [0.2, 0.25) is 5.78 Å². The van der Waals surface area contributed by atoms with Crippen molar-refractivity contribution in [2.24, 2.45) is 0 Å². The number of nitriles is 1. The van der Waals surface area contributed by atoms with Gasteiger partial charge in [-0.2, -0.15) is 5.26 Å². The molecule has 4 nitrogen and oxygen atoms in total. The van der Waals surface area contributed by atoms with Gasteiger partial charge in [-0.1, -0.05) is 18.2 Å². The molecule has 0 heterocycles. The zero-order valence-electron chi connectivity index (χ0n) is 8.90. The molecule has 0 atom stereocenters. The minimum absolute atomic E-state index is 0.0947. The van der Waals surface area contributed by atoms with Gasteiger partial charge in [0.15, 0.2) is 0 Å². The molecule has 0 aliphatic heterocycles. The number of carbonyl (C=O) groups is 2. The summed E-state index contributed by atoms with van der Waals surface area (Å²) >= 11 is 0. The molecule has 16 heavy (non-hydrogen) atoms. The van der Waals surface area contributed by atoms with Crippen LogP contribution >= 0.6 is 0 Å². The van der Waals surface area contributed by atoms with E-state index in [4.69, 9.17) is 5.26 Å². The summed E-state index contributed by atoms with van der Waals surface area (Å²) < 4.78 is 4.58. The van der Waals surface area contributed by atoms with E-state index in [-0.39, 0.29) is 13.0 Å². The van der Waals surface area contributed by atoms with E-state index in [1.807, 2.05) is 6.07 Å². The molecule has 1 rings (SSSR count). The van der Waals surface area contributed by atoms with Crippen molar-refractivity contribution in [1.29, 1.82) is 5.26 Å². The Hall–Kier alpha value is -2.15. The first-order valence-electron chi connectivity index (χ1n) is 4.87. The van der Waals surface area contributed by atoms with Gasteiger partial charge < -0.3 is 4.74 Å². The fourth-order valence-corrected chi connectivity index (χ4v) is 1.24. The number of ketones is 1. The Morgan fingerprint density at radius 3 is 2.69 bits per heavy atom. The standard InChI is InChI=1S/C12H11NO3/c1-2-16-12(15)11(14)7-9-5-3-4-6-10(9)8-13/h3-6H,2,7H2,1H3. The first-order valence-corrected chi connectivity index (χ1v) is 4.87. The third-order valence-corrected chi connectivity index (χ3v) is 1.99. The van der Waals surface area contributed by atoms with Crippen LogP contribution in [0.15, 0.2) is 24.3 Å². The lowest BCUT2D eigenvalue weighted by Crippen LogP contribution is -2.19. The highest BCUT2D eigenvalue weighted by atomic mass is 16.5. The Balaban J connectivity index is 2.78. The van der Waals surface area contributed by atoms with Crippen molar-refractivity contribution >= 4 is 11.8 Å². The molecule has 0 aliphatic rings. The van der Waals surface area contributed by atoms with E-state index in [9.17, 15) is 9.59 Å². The van der Waals surface area contributed by atoms with Gasteiger partial charge in [-0.3, -0.25) is 4.79 Å². The summed E-state index contributed by atoms with van der Waals surface area (Å²) in [4.78, 5) is 22.5. The van der Waals surface area contributed by atoms with Gasteiger partial charge >= 0.3 is 5.97 Å². The van der Waals surface area contributed by atoms with Crippen LogP contribution in [0.1, 0.15) is 18.1 Å². The molecule has 0 saturated heterocycles. The van der Waals surface area contributed by atoms with Crippen molar-refractivity contribution in [3.63, 3.8) is 0 Å². The van der Waals surface area contributed by atoms with E-state index in [0.29, 0.717) is 11.1 Å². The van der Waals surface area contributed by atoms with Gasteiger partial charge in [0.25, 0.3) is 0 Å². The number of esters is 1. The molecule has 1 aromatic carbocycles. The summed E-state index contributed by atoms with van der Waals surface area (Å²) in [5.41, 5.74) is 0.947. The minimum Gasteiger partial charge on any atom is -0.460 e. The number of nitrogens with zero attached hydrogens (tertiary/aromatic N) is 1. The van der Waals surface area contributed by atoms with Crippen LogP contribution in [0.3, 0.4) is 0 Å². The van der Waals surface area contributed by atoms with Crippen LogP contribution < -0.4 is 0 Å². The number of hydrogen-bond donors (Lipinski definition) is 0. The molecule has 0 unspecified atom stereocenters. The van der Waals surface area contributed by atoms with Gasteiger partial charge in [0.05, 0.1) is 18.2 Å². The molecule has 0 fully saturated rings. The molecule has 0 aliphatic carbocycles. The average molecular weight is 217 g/mol. The van der Waals surface area contributed by atoms with Crippen LogP contribution in [0.4, 0.5) is 0 Å². The maximum atomic E-state index is 11.4. The van der Waals surface area contributed by atoms with Crippen molar-refractivity contribution in [3.8, 4) is 6.07 Å². The second kappa shape index (κ2) is 5.66. The van der Waals surface area contributed by atoms with E-state index in [1.165, 1.54) is 0 Å². The van der Waals surface area contributed by atoms with Crippen LogP contribution in [0.25, 0.3) is 0 Å². The number of Topliss-reactive ketones (excluding diaryl/α,β-unsaturated/α-hetero) is 1. The lowest BCUT2D eigenvalue weighted by Gasteiger charge is -2.02. The highest BCUT2D eigenvalue weighted by Crippen LogP contribution is 2.08. The molecule has 0 bridgehead atoms. The first-order chi connectivity index (χ1) is 7.69. The highest BCUT2D eigenvalue weighted by molar-refractivity contribution is 6.34. The zero-order valence-corrected chi connectivity index (χ0v) is 8.90. The molecule has 0 spiro atoms. The maximum absolute atomic E-state index is 11.4. The largest absolute Gasteiger partial charge is 0.460 e. The molecule has 0 aromatic heterocycles. The fraction of sp³-hybridized carbons (Fsp3) is 0.250. The second-order valence-corrected chi connectivity index (χ2v) is 3.09. The Bertz CT molecular complexity index is 446. The summed E-state index contributed by atoms with van der Waals surface area (Å²) in [6, 6.07) is 8.64. The number of hydrogen-bond acceptors (Lipinski definition) is 4. The third-order valence-electron chi connectivity index (χ3n) is 1.99. The molecule has 0 amide bonds. The monoisotopic (exact) mass is 217 g/mol. The van der Waals surface area contributed by atoms with E-state index in [2.05, 4.69) is 4.74 Å². The second-order valence-electron chi connectivity index (χ2n) is 3.09. The first kappa shape index (κ1) is 11.9. The summed E-state index contributed by atoms with van der Waals surface area (Å²) in [6.45, 7) is 1.80. The van der Waals surface area contributed by atoms with E-state index < -0.39 is 11.8 Å². The minimum atomic E-state index is -0.852. The molecule has 1 aromatic rings. The van der Waals surface area contributed by atoms with Crippen molar-refractivity contribution in [2.45, 2.75) is 13.3 Å². The molecule has 4 heteroatoms. The Morgan fingerprint density at radius 2 is 2.06 bits per heavy atom. The van der Waals surface area contributed by atoms with Crippen LogP contribution in [0, 0.1) is 11.3 Å². The zero-order chi connectivity index (χ0) is 12.0. The van der Waals surface area contributed by atoms with Crippen LogP contribution in [0.5, 0.6) is 0 Å². The van der Waals surface area contributed by atoms with Crippen LogP contribution in [-0.2, 0) is 20.7 Å². The van der Waals surface area contributed by atoms with Crippen molar-refractivity contribution in [2.75, 3.05) is 6.61 Å². The molecule has 82 valence electrons. The molecule has 0 N–H and O–H groups in total. The van der Waals surface area contributed by atoms with E-state index in [0.717, 1.165) is 0 Å². The van der Waals surface area contributed by atoms with E-state index >= 15 is 0 Å². The third kappa shape index (κ3) is 2.92. The highest BCUT2D eigenvalue weighted by Gasteiger charge is 2.16. The van der Waals surface area contributed by atoms with Gasteiger partial charge in [-0.25, -0.2) is 4.79 Å². The van der Waals surface area contributed by atoms with Gasteiger partial charge in [-0.15, -0.1) is 0 Å². The van der Waals surface area contributed by atoms with Gasteiger partial charge in [-0.05, 0) is 18.6 Å². The predicted molar refractivity (Wildman–Crippen MR) is 56.5 cm³/mol.